The van der Waals surface area contributed by atoms with E-state index < -0.39 is 0 Å². The molecule has 0 fully saturated rings. The van der Waals surface area contributed by atoms with E-state index in [9.17, 15) is 4.79 Å². The van der Waals surface area contributed by atoms with Crippen LogP contribution in [0.2, 0.25) is 0 Å². The molecule has 1 aromatic carbocycles. The van der Waals surface area contributed by atoms with Gasteiger partial charge in [0.2, 0.25) is 5.91 Å². The molecule has 2 heterocycles. The number of likely N-dealkylation sites (N-methyl/N-ethyl adjacent to an activating group) is 1. The zero-order chi connectivity index (χ0) is 20.1. The molecule has 0 radical (unpaired) electrons. The van der Waals surface area contributed by atoms with Gasteiger partial charge in [0.1, 0.15) is 12.4 Å². The van der Waals surface area contributed by atoms with E-state index in [0.29, 0.717) is 26.3 Å². The highest BCUT2D eigenvalue weighted by molar-refractivity contribution is 5.79. The lowest BCUT2D eigenvalue weighted by atomic mass is 10.1. The molecule has 0 aliphatic carbocycles. The molecule has 8 nitrogen and oxygen atoms in total. The van der Waals surface area contributed by atoms with Gasteiger partial charge in [-0.2, -0.15) is 20.1 Å². The van der Waals surface area contributed by atoms with Crippen LogP contribution in [0.15, 0.2) is 36.5 Å². The van der Waals surface area contributed by atoms with Crippen molar-refractivity contribution in [1.29, 1.82) is 0 Å². The molecular weight excluding hydrogens is 356 g/mol. The normalized spacial score (nSPS) is 11.0. The molecule has 0 saturated carbocycles. The monoisotopic (exact) mass is 382 g/mol. The van der Waals surface area contributed by atoms with Crippen molar-refractivity contribution in [2.24, 2.45) is 0 Å². The second kappa shape index (κ2) is 8.79. The summed E-state index contributed by atoms with van der Waals surface area (Å²) in [5.41, 5.74) is 4.39. The third kappa shape index (κ3) is 4.45. The number of aryl methyl sites for hydroxylation is 1. The second-order valence-corrected chi connectivity index (χ2v) is 6.66. The first-order valence-corrected chi connectivity index (χ1v) is 9.30. The molecule has 148 valence electrons. The third-order valence-corrected chi connectivity index (χ3v) is 4.63. The molecule has 0 spiro atoms. The van der Waals surface area contributed by atoms with Gasteiger partial charge in [-0.05, 0) is 32.9 Å². The predicted molar refractivity (Wildman–Crippen MR) is 105 cm³/mol. The van der Waals surface area contributed by atoms with Gasteiger partial charge in [-0.3, -0.25) is 4.79 Å². The van der Waals surface area contributed by atoms with Crippen molar-refractivity contribution >= 4 is 5.91 Å². The van der Waals surface area contributed by atoms with E-state index in [1.54, 1.807) is 27.6 Å². The minimum absolute atomic E-state index is 0.0106. The summed E-state index contributed by atoms with van der Waals surface area (Å²) in [4.78, 5) is 16.0. The average Bonchev–Trinajstić information content (AvgIpc) is 3.27. The molecule has 0 bridgehead atoms. The fourth-order valence-corrected chi connectivity index (χ4v) is 2.96. The standard InChI is InChI=1S/C20H26N6O2/c1-5-28-14-25-16(3)19(15(2)22-25)11-20(27)24(4)13-17-12-21-26(23-17)18-9-7-6-8-10-18/h6-10,12H,5,11,13-14H2,1-4H3. The Morgan fingerprint density at radius 3 is 2.64 bits per heavy atom. The number of benzene rings is 1. The van der Waals surface area contributed by atoms with Crippen LogP contribution in [0.5, 0.6) is 0 Å². The van der Waals surface area contributed by atoms with Crippen LogP contribution >= 0.6 is 0 Å². The van der Waals surface area contributed by atoms with E-state index in [0.717, 1.165) is 28.3 Å². The quantitative estimate of drug-likeness (QED) is 0.597. The molecule has 2 aromatic heterocycles. The maximum Gasteiger partial charge on any atom is 0.227 e. The lowest BCUT2D eigenvalue weighted by molar-refractivity contribution is -0.129. The van der Waals surface area contributed by atoms with E-state index in [1.165, 1.54) is 0 Å². The van der Waals surface area contributed by atoms with Crippen LogP contribution < -0.4 is 0 Å². The van der Waals surface area contributed by atoms with E-state index in [1.807, 2.05) is 51.1 Å². The van der Waals surface area contributed by atoms with Crippen molar-refractivity contribution < 1.29 is 9.53 Å². The van der Waals surface area contributed by atoms with Gasteiger partial charge in [-0.25, -0.2) is 4.68 Å². The summed E-state index contributed by atoms with van der Waals surface area (Å²) in [7, 11) is 1.78. The van der Waals surface area contributed by atoms with Gasteiger partial charge in [0.15, 0.2) is 0 Å². The number of hydrogen-bond donors (Lipinski definition) is 0. The first-order valence-electron chi connectivity index (χ1n) is 9.30. The van der Waals surface area contributed by atoms with Gasteiger partial charge >= 0.3 is 0 Å². The Morgan fingerprint density at radius 2 is 1.93 bits per heavy atom. The maximum atomic E-state index is 12.7. The molecule has 0 saturated heterocycles. The fourth-order valence-electron chi connectivity index (χ4n) is 2.96. The summed E-state index contributed by atoms with van der Waals surface area (Å²) in [6, 6.07) is 9.68. The van der Waals surface area contributed by atoms with Crippen molar-refractivity contribution in [3.05, 3.63) is 59.2 Å². The van der Waals surface area contributed by atoms with Crippen LogP contribution in [-0.4, -0.2) is 49.2 Å². The molecule has 3 aromatic rings. The lowest BCUT2D eigenvalue weighted by Gasteiger charge is -2.16. The van der Waals surface area contributed by atoms with E-state index >= 15 is 0 Å². The van der Waals surface area contributed by atoms with Gasteiger partial charge in [0.25, 0.3) is 0 Å². The number of hydrogen-bond acceptors (Lipinski definition) is 5. The Balaban J connectivity index is 1.64. The molecule has 0 aliphatic rings. The van der Waals surface area contributed by atoms with Crippen LogP contribution in [0.4, 0.5) is 0 Å². The SMILES string of the molecule is CCOCn1nc(C)c(CC(=O)N(C)Cc2cnn(-c3ccccc3)n2)c1C. The first kappa shape index (κ1) is 19.8. The highest BCUT2D eigenvalue weighted by Crippen LogP contribution is 2.15. The molecule has 0 atom stereocenters. The Labute approximate surface area is 164 Å². The van der Waals surface area contributed by atoms with Crippen LogP contribution in [-0.2, 0) is 29.2 Å². The second-order valence-electron chi connectivity index (χ2n) is 6.66. The summed E-state index contributed by atoms with van der Waals surface area (Å²) in [6.07, 6.45) is 1.99. The summed E-state index contributed by atoms with van der Waals surface area (Å²) in [6.45, 7) is 7.25. The number of rotatable bonds is 8. The summed E-state index contributed by atoms with van der Waals surface area (Å²) in [5.74, 6) is 0.0106. The topological polar surface area (TPSA) is 78.1 Å². The minimum Gasteiger partial charge on any atom is -0.360 e. The Bertz CT molecular complexity index is 932. The lowest BCUT2D eigenvalue weighted by Crippen LogP contribution is -2.28. The molecule has 3 rings (SSSR count). The third-order valence-electron chi connectivity index (χ3n) is 4.63. The van der Waals surface area contributed by atoms with Crippen molar-refractivity contribution in [2.75, 3.05) is 13.7 Å². The number of carbonyl (C=O) groups excluding carboxylic acids is 1. The molecule has 0 N–H and O–H groups in total. The van der Waals surface area contributed by atoms with Crippen LogP contribution in [0.3, 0.4) is 0 Å². The van der Waals surface area contributed by atoms with Gasteiger partial charge in [-0.15, -0.1) is 0 Å². The maximum absolute atomic E-state index is 12.7. The van der Waals surface area contributed by atoms with Crippen LogP contribution in [0.25, 0.3) is 5.69 Å². The van der Waals surface area contributed by atoms with Gasteiger partial charge in [-0.1, -0.05) is 18.2 Å². The van der Waals surface area contributed by atoms with Crippen LogP contribution in [0.1, 0.15) is 29.6 Å². The zero-order valence-corrected chi connectivity index (χ0v) is 16.8. The number of carbonyl (C=O) groups is 1. The predicted octanol–water partition coefficient (Wildman–Crippen LogP) is 2.28. The van der Waals surface area contributed by atoms with E-state index in [2.05, 4.69) is 15.3 Å². The number of amides is 1. The van der Waals surface area contributed by atoms with Crippen molar-refractivity contribution in [3.63, 3.8) is 0 Å². The molecule has 0 aliphatic heterocycles. The van der Waals surface area contributed by atoms with E-state index in [-0.39, 0.29) is 5.91 Å². The largest absolute Gasteiger partial charge is 0.360 e. The molecule has 0 unspecified atom stereocenters. The van der Waals surface area contributed by atoms with E-state index in [4.69, 9.17) is 4.74 Å². The van der Waals surface area contributed by atoms with Crippen molar-refractivity contribution in [2.45, 2.75) is 40.5 Å². The average molecular weight is 382 g/mol. The molecule has 8 heteroatoms. The molecule has 1 amide bonds. The van der Waals surface area contributed by atoms with Gasteiger partial charge in [0.05, 0.1) is 30.5 Å². The van der Waals surface area contributed by atoms with Gasteiger partial charge in [0, 0.05) is 24.9 Å². The van der Waals surface area contributed by atoms with Crippen molar-refractivity contribution in [3.8, 4) is 5.69 Å². The van der Waals surface area contributed by atoms with Crippen LogP contribution in [0, 0.1) is 13.8 Å². The summed E-state index contributed by atoms with van der Waals surface area (Å²) >= 11 is 0. The highest BCUT2D eigenvalue weighted by Gasteiger charge is 2.18. The molecule has 28 heavy (non-hydrogen) atoms. The number of para-hydroxylation sites is 1. The highest BCUT2D eigenvalue weighted by atomic mass is 16.5. The smallest absolute Gasteiger partial charge is 0.227 e. The number of aromatic nitrogens is 5. The zero-order valence-electron chi connectivity index (χ0n) is 16.8. The number of nitrogens with zero attached hydrogens (tertiary/aromatic N) is 6. The molecular formula is C20H26N6O2. The van der Waals surface area contributed by atoms with Crippen molar-refractivity contribution in [1.82, 2.24) is 29.7 Å². The number of ether oxygens (including phenoxy) is 1. The minimum atomic E-state index is 0.0106. The first-order chi connectivity index (χ1) is 13.5. The summed E-state index contributed by atoms with van der Waals surface area (Å²) < 4.78 is 7.23. The Morgan fingerprint density at radius 1 is 1.18 bits per heavy atom. The van der Waals surface area contributed by atoms with Gasteiger partial charge < -0.3 is 9.64 Å². The fraction of sp³-hybridized carbons (Fsp3) is 0.400. The Kier molecular flexibility index (Phi) is 6.20. The summed E-state index contributed by atoms with van der Waals surface area (Å²) in [5, 5.41) is 13.2. The Hall–Kier alpha value is -3.00.